The Kier molecular flexibility index (Phi) is 22.5. The largest absolute Gasteiger partial charge is 0.459 e. The van der Waals surface area contributed by atoms with Gasteiger partial charge in [-0.2, -0.15) is 0 Å². The van der Waals surface area contributed by atoms with Crippen LogP contribution in [0.1, 0.15) is 160 Å². The number of nitro benzene ring substituents is 1. The van der Waals surface area contributed by atoms with E-state index < -0.39 is 41.1 Å². The van der Waals surface area contributed by atoms with Crippen molar-refractivity contribution in [2.45, 2.75) is 173 Å². The Bertz CT molecular complexity index is 2060. The smallest absolute Gasteiger partial charge is 0.415 e. The van der Waals surface area contributed by atoms with Crippen molar-refractivity contribution < 1.29 is 53.2 Å². The summed E-state index contributed by atoms with van der Waals surface area (Å²) >= 11 is 0. The Hall–Kier alpha value is -5.03. The number of unbranched alkanes of at least 4 members (excludes halogenated alkanes) is 11. The van der Waals surface area contributed by atoms with Crippen LogP contribution in [0.5, 0.6) is 17.2 Å². The Morgan fingerprint density at radius 2 is 1.61 bits per heavy atom. The number of allylic oxidation sites excluding steroid dienone is 1. The van der Waals surface area contributed by atoms with Gasteiger partial charge in [0.25, 0.3) is 5.69 Å². The number of fused-ring (bicyclic) bond motifs is 2. The molecule has 2 amide bonds. The summed E-state index contributed by atoms with van der Waals surface area (Å²) in [6.45, 7) is 9.66. The average Bonchev–Trinajstić information content (AvgIpc) is 3.37. The zero-order valence-electron chi connectivity index (χ0n) is 42.3. The first-order chi connectivity index (χ1) is 34.7. The molecule has 7 atom stereocenters. The van der Waals surface area contributed by atoms with E-state index in [4.69, 9.17) is 33.7 Å². The predicted octanol–water partition coefficient (Wildman–Crippen LogP) is 11.7. The van der Waals surface area contributed by atoms with E-state index in [0.29, 0.717) is 56.0 Å². The Morgan fingerprint density at radius 3 is 2.27 bits per heavy atom. The number of aliphatic hydroxyl groups excluding tert-OH is 2. The number of non-ortho nitro benzene ring substituents is 1. The number of nitro groups is 1. The highest BCUT2D eigenvalue weighted by Crippen LogP contribution is 2.62. The molecular formula is C55H80N4O12. The molecule has 1 saturated carbocycles. The third-order valence-electron chi connectivity index (χ3n) is 14.4. The monoisotopic (exact) mass is 989 g/mol. The van der Waals surface area contributed by atoms with Crippen molar-refractivity contribution in [1.82, 2.24) is 10.2 Å². The van der Waals surface area contributed by atoms with Gasteiger partial charge >= 0.3 is 12.2 Å². The lowest BCUT2D eigenvalue weighted by atomic mass is 9.55. The SMILES string of the molecule is C=CCOC12Oc3ccc(OC(=O)NCCCCCCCCCCCC)cc3C3C(CCCCO)C(CCCCO)C=C(C(=NOC4CCCCO4)CC1N(CCC)C(=O)Oc1ccc([N+](=O)[O-])cc1)C32. The molecule has 7 unspecified atom stereocenters. The van der Waals surface area contributed by atoms with Crippen molar-refractivity contribution >= 4 is 23.6 Å². The quantitative estimate of drug-likeness (QED) is 0.0290. The lowest BCUT2D eigenvalue weighted by Crippen LogP contribution is -2.70. The first-order valence-corrected chi connectivity index (χ1v) is 26.7. The number of carbonyl (C=O) groups excluding carboxylic acids is 2. The van der Waals surface area contributed by atoms with Crippen molar-refractivity contribution in [1.29, 1.82) is 0 Å². The molecular weight excluding hydrogens is 909 g/mol. The van der Waals surface area contributed by atoms with Crippen LogP contribution in [0, 0.1) is 27.9 Å². The zero-order valence-corrected chi connectivity index (χ0v) is 42.3. The maximum absolute atomic E-state index is 14.7. The third kappa shape index (κ3) is 15.0. The normalized spacial score (nSPS) is 23.9. The molecule has 0 radical (unpaired) electrons. The minimum absolute atomic E-state index is 0.0139. The van der Waals surface area contributed by atoms with Gasteiger partial charge in [-0.3, -0.25) is 15.0 Å². The van der Waals surface area contributed by atoms with Gasteiger partial charge in [0.2, 0.25) is 12.1 Å². The van der Waals surface area contributed by atoms with Gasteiger partial charge in [-0.15, -0.1) is 6.58 Å². The van der Waals surface area contributed by atoms with E-state index in [1.165, 1.54) is 69.2 Å². The van der Waals surface area contributed by atoms with E-state index in [1.807, 2.05) is 19.1 Å². The molecule has 6 rings (SSSR count). The molecule has 3 N–H and O–H groups in total. The van der Waals surface area contributed by atoms with Gasteiger partial charge in [0, 0.05) is 62.8 Å². The summed E-state index contributed by atoms with van der Waals surface area (Å²) in [5.74, 6) is -1.59. The Labute approximate surface area is 420 Å². The minimum Gasteiger partial charge on any atom is -0.459 e. The van der Waals surface area contributed by atoms with E-state index in [-0.39, 0.29) is 62.0 Å². The van der Waals surface area contributed by atoms with Gasteiger partial charge in [-0.25, -0.2) is 9.59 Å². The molecule has 16 heteroatoms. The molecule has 2 heterocycles. The minimum atomic E-state index is -1.55. The molecule has 4 aliphatic rings. The molecule has 0 aromatic heterocycles. The van der Waals surface area contributed by atoms with Gasteiger partial charge in [-0.05, 0) is 99.1 Å². The number of rotatable bonds is 30. The number of nitrogens with one attached hydrogen (secondary N) is 1. The van der Waals surface area contributed by atoms with Crippen molar-refractivity contribution in [2.75, 3.05) is 39.5 Å². The van der Waals surface area contributed by atoms with Crippen LogP contribution in [0.4, 0.5) is 15.3 Å². The summed E-state index contributed by atoms with van der Waals surface area (Å²) in [4.78, 5) is 46.9. The zero-order chi connectivity index (χ0) is 50.4. The summed E-state index contributed by atoms with van der Waals surface area (Å²) in [6, 6.07) is 9.92. The predicted molar refractivity (Wildman–Crippen MR) is 272 cm³/mol. The number of nitrogens with zero attached hydrogens (tertiary/aromatic N) is 3. The van der Waals surface area contributed by atoms with Gasteiger partial charge in [0.05, 0.1) is 29.8 Å². The van der Waals surface area contributed by atoms with Crippen molar-refractivity contribution in [3.8, 4) is 17.2 Å². The molecule has 2 aliphatic heterocycles. The van der Waals surface area contributed by atoms with Gasteiger partial charge in [-0.1, -0.05) is 102 Å². The fourth-order valence-corrected chi connectivity index (χ4v) is 11.0. The second-order valence-corrected chi connectivity index (χ2v) is 19.5. The fourth-order valence-electron chi connectivity index (χ4n) is 11.0. The number of hydrogen-bond donors (Lipinski definition) is 3. The van der Waals surface area contributed by atoms with E-state index in [9.17, 15) is 29.9 Å². The topological polar surface area (TPSA) is 201 Å². The third-order valence-corrected chi connectivity index (χ3v) is 14.4. The fraction of sp³-hybridized carbons (Fsp3) is 0.655. The highest BCUT2D eigenvalue weighted by Gasteiger charge is 2.65. The van der Waals surface area contributed by atoms with Crippen LogP contribution in [0.2, 0.25) is 0 Å². The van der Waals surface area contributed by atoms with Crippen LogP contribution in [0.3, 0.4) is 0 Å². The average molecular weight is 989 g/mol. The van der Waals surface area contributed by atoms with E-state index in [0.717, 1.165) is 68.9 Å². The summed E-state index contributed by atoms with van der Waals surface area (Å²) in [6.07, 6.45) is 21.5. The molecule has 2 aromatic rings. The second kappa shape index (κ2) is 28.9. The molecule has 0 bridgehead atoms. The number of amides is 2. The molecule has 71 heavy (non-hydrogen) atoms. The molecule has 392 valence electrons. The van der Waals surface area contributed by atoms with E-state index in [2.05, 4.69) is 24.9 Å². The summed E-state index contributed by atoms with van der Waals surface area (Å²) in [5, 5.41) is 39.3. The first-order valence-electron chi connectivity index (χ1n) is 26.7. The summed E-state index contributed by atoms with van der Waals surface area (Å²) < 4.78 is 32.4. The van der Waals surface area contributed by atoms with Crippen LogP contribution in [-0.4, -0.2) is 95.6 Å². The number of benzene rings is 2. The lowest BCUT2D eigenvalue weighted by molar-refractivity contribution is -0.384. The van der Waals surface area contributed by atoms with Gasteiger partial charge in [0.1, 0.15) is 23.3 Å². The highest BCUT2D eigenvalue weighted by atomic mass is 16.8. The molecule has 1 saturated heterocycles. The van der Waals surface area contributed by atoms with Crippen LogP contribution in [0.25, 0.3) is 0 Å². The Balaban J connectivity index is 1.40. The number of oxime groups is 1. The van der Waals surface area contributed by atoms with Crippen LogP contribution >= 0.6 is 0 Å². The number of ether oxygens (including phenoxy) is 5. The number of carbonyl (C=O) groups is 2. The molecule has 2 fully saturated rings. The first kappa shape index (κ1) is 55.3. The van der Waals surface area contributed by atoms with Gasteiger partial charge < -0.3 is 44.1 Å². The lowest BCUT2D eigenvalue weighted by Gasteiger charge is -2.59. The van der Waals surface area contributed by atoms with Crippen LogP contribution < -0.4 is 19.5 Å². The van der Waals surface area contributed by atoms with Crippen molar-refractivity contribution in [3.63, 3.8) is 0 Å². The molecule has 0 spiro atoms. The van der Waals surface area contributed by atoms with Crippen molar-refractivity contribution in [2.24, 2.45) is 22.9 Å². The number of aliphatic hydroxyl groups is 2. The van der Waals surface area contributed by atoms with Crippen LogP contribution in [0.15, 0.2) is 71.9 Å². The van der Waals surface area contributed by atoms with E-state index in [1.54, 1.807) is 17.0 Å². The van der Waals surface area contributed by atoms with Gasteiger partial charge in [0.15, 0.2) is 0 Å². The second-order valence-electron chi connectivity index (χ2n) is 19.5. The summed E-state index contributed by atoms with van der Waals surface area (Å²) in [5.41, 5.74) is 2.13. The molecule has 2 aromatic carbocycles. The molecule has 16 nitrogen and oxygen atoms in total. The highest BCUT2D eigenvalue weighted by molar-refractivity contribution is 6.03. The summed E-state index contributed by atoms with van der Waals surface area (Å²) in [7, 11) is 0. The standard InChI is InChI=1S/C55H80N4O12/c1-4-7-8-9-10-11-12-13-14-18-31-56-53(62)68-43-29-30-48-46(38-43)51-44(23-16-20-34-61)40(22-15-19-33-60)37-45-47(57-71-50-24-17-21-36-66-50)39-49(55(70-48,52(45)51)67-35-6-3)58(32-5-2)54(63)69-42-27-25-41(26-28-42)59(64)65/h6,25-30,37-38,40,44,49-52,60-61H,3-5,7-24,31-36,39H2,1-2H3,(H,56,62). The maximum Gasteiger partial charge on any atom is 0.415 e. The van der Waals surface area contributed by atoms with Crippen LogP contribution in [-0.2, 0) is 14.3 Å². The molecule has 2 aliphatic carbocycles. The van der Waals surface area contributed by atoms with E-state index >= 15 is 0 Å². The number of hydrogen-bond acceptors (Lipinski definition) is 13. The van der Waals surface area contributed by atoms with Crippen molar-refractivity contribution in [3.05, 3.63) is 82.4 Å². The Morgan fingerprint density at radius 1 is 0.901 bits per heavy atom. The maximum atomic E-state index is 14.7.